The van der Waals surface area contributed by atoms with E-state index in [0.29, 0.717) is 11.8 Å². The van der Waals surface area contributed by atoms with E-state index >= 15 is 0 Å². The van der Waals surface area contributed by atoms with Crippen molar-refractivity contribution in [3.63, 3.8) is 0 Å². The van der Waals surface area contributed by atoms with Crippen molar-refractivity contribution in [3.05, 3.63) is 54.9 Å². The quantitative estimate of drug-likeness (QED) is 0.621. The Bertz CT molecular complexity index is 907. The lowest BCUT2D eigenvalue weighted by Crippen LogP contribution is -2.17. The number of thioether (sulfide) groups is 1. The van der Waals surface area contributed by atoms with E-state index in [1.54, 1.807) is 6.20 Å². The van der Waals surface area contributed by atoms with Gasteiger partial charge >= 0.3 is 0 Å². The van der Waals surface area contributed by atoms with E-state index in [4.69, 9.17) is 0 Å². The van der Waals surface area contributed by atoms with Crippen molar-refractivity contribution in [2.24, 2.45) is 0 Å². The Morgan fingerprint density at radius 2 is 1.89 bits per heavy atom. The van der Waals surface area contributed by atoms with Crippen LogP contribution in [-0.2, 0) is 4.79 Å². The fourth-order valence-corrected chi connectivity index (χ4v) is 4.39. The van der Waals surface area contributed by atoms with Gasteiger partial charge in [0.15, 0.2) is 11.0 Å². The topological polar surface area (TPSA) is 72.7 Å². The first kappa shape index (κ1) is 18.7. The van der Waals surface area contributed by atoms with Crippen LogP contribution in [0.2, 0.25) is 0 Å². The smallest absolute Gasteiger partial charge is 0.234 e. The summed E-state index contributed by atoms with van der Waals surface area (Å²) in [5.41, 5.74) is 1.76. The Morgan fingerprint density at radius 3 is 2.64 bits per heavy atom. The zero-order valence-electron chi connectivity index (χ0n) is 15.6. The molecule has 4 rings (SSSR count). The molecule has 1 aromatic carbocycles. The largest absolute Gasteiger partial charge is 0.325 e. The molecule has 1 amide bonds. The summed E-state index contributed by atoms with van der Waals surface area (Å²) in [6.45, 7) is 0. The lowest BCUT2D eigenvalue weighted by molar-refractivity contribution is -0.113. The number of hydrogen-bond acceptors (Lipinski definition) is 5. The standard InChI is InChI=1S/C21H23N5OS/c27-19(23-17-9-3-1-4-10-17)15-28-21-25-24-20(16-8-7-13-22-14-16)26(21)18-11-5-2-6-12-18/h1,3-4,7-10,13-14,18H,2,5-6,11-12,15H2,(H,23,27). The van der Waals surface area contributed by atoms with E-state index in [-0.39, 0.29) is 5.91 Å². The third-order valence-electron chi connectivity index (χ3n) is 4.91. The molecule has 1 aliphatic rings. The summed E-state index contributed by atoms with van der Waals surface area (Å²) in [5.74, 6) is 1.09. The Balaban J connectivity index is 1.53. The van der Waals surface area contributed by atoms with Crippen LogP contribution in [0.15, 0.2) is 60.0 Å². The van der Waals surface area contributed by atoms with Gasteiger partial charge in [-0.15, -0.1) is 10.2 Å². The molecule has 6 nitrogen and oxygen atoms in total. The van der Waals surface area contributed by atoms with Gasteiger partial charge in [-0.25, -0.2) is 0 Å². The number of carbonyl (C=O) groups excluding carboxylic acids is 1. The predicted octanol–water partition coefficient (Wildman–Crippen LogP) is 4.58. The second-order valence-corrected chi connectivity index (χ2v) is 7.86. The van der Waals surface area contributed by atoms with Gasteiger partial charge in [0.1, 0.15) is 0 Å². The molecular weight excluding hydrogens is 370 g/mol. The van der Waals surface area contributed by atoms with Crippen molar-refractivity contribution < 1.29 is 4.79 Å². The maximum absolute atomic E-state index is 12.4. The maximum Gasteiger partial charge on any atom is 0.234 e. The van der Waals surface area contributed by atoms with Gasteiger partial charge in [-0.2, -0.15) is 0 Å². The van der Waals surface area contributed by atoms with Crippen LogP contribution >= 0.6 is 11.8 Å². The van der Waals surface area contributed by atoms with Gasteiger partial charge in [0.25, 0.3) is 0 Å². The van der Waals surface area contributed by atoms with Crippen LogP contribution < -0.4 is 5.32 Å². The monoisotopic (exact) mass is 393 g/mol. The summed E-state index contributed by atoms with van der Waals surface area (Å²) in [4.78, 5) is 16.6. The Labute approximate surface area is 168 Å². The SMILES string of the molecule is O=C(CSc1nnc(-c2cccnc2)n1C1CCCCC1)Nc1ccccc1. The molecule has 2 heterocycles. The first-order chi connectivity index (χ1) is 13.8. The number of aromatic nitrogens is 4. The van der Waals surface area contributed by atoms with Crippen molar-refractivity contribution in [1.82, 2.24) is 19.7 Å². The minimum atomic E-state index is -0.0441. The number of para-hydroxylation sites is 1. The van der Waals surface area contributed by atoms with E-state index in [1.807, 2.05) is 48.7 Å². The lowest BCUT2D eigenvalue weighted by Gasteiger charge is -2.25. The number of benzene rings is 1. The number of pyridine rings is 1. The van der Waals surface area contributed by atoms with Gasteiger partial charge in [0.2, 0.25) is 5.91 Å². The van der Waals surface area contributed by atoms with Crippen LogP contribution in [0.25, 0.3) is 11.4 Å². The van der Waals surface area contributed by atoms with E-state index in [2.05, 4.69) is 25.1 Å². The summed E-state index contributed by atoms with van der Waals surface area (Å²) < 4.78 is 2.22. The van der Waals surface area contributed by atoms with E-state index in [0.717, 1.165) is 35.1 Å². The number of hydrogen-bond donors (Lipinski definition) is 1. The molecule has 1 fully saturated rings. The second kappa shape index (κ2) is 9.01. The molecule has 0 atom stereocenters. The molecule has 7 heteroatoms. The molecule has 0 saturated heterocycles. The molecule has 1 saturated carbocycles. The summed E-state index contributed by atoms with van der Waals surface area (Å²) >= 11 is 1.44. The molecule has 1 aliphatic carbocycles. The molecular formula is C21H23N5OS. The molecule has 0 unspecified atom stereocenters. The van der Waals surface area contributed by atoms with Crippen LogP contribution in [0, 0.1) is 0 Å². The number of carbonyl (C=O) groups is 1. The third kappa shape index (κ3) is 4.42. The molecule has 0 bridgehead atoms. The third-order valence-corrected chi connectivity index (χ3v) is 5.86. The van der Waals surface area contributed by atoms with Gasteiger partial charge in [-0.3, -0.25) is 14.3 Å². The molecule has 1 N–H and O–H groups in total. The molecule has 2 aromatic heterocycles. The fourth-order valence-electron chi connectivity index (χ4n) is 3.58. The minimum absolute atomic E-state index is 0.0441. The molecule has 0 aliphatic heterocycles. The van der Waals surface area contributed by atoms with Crippen molar-refractivity contribution in [2.75, 3.05) is 11.1 Å². The van der Waals surface area contributed by atoms with Gasteiger partial charge in [-0.1, -0.05) is 49.2 Å². The predicted molar refractivity (Wildman–Crippen MR) is 111 cm³/mol. The fraction of sp³-hybridized carbons (Fsp3) is 0.333. The van der Waals surface area contributed by atoms with Crippen molar-refractivity contribution in [2.45, 2.75) is 43.3 Å². The van der Waals surface area contributed by atoms with E-state index in [9.17, 15) is 4.79 Å². The molecule has 28 heavy (non-hydrogen) atoms. The number of nitrogens with zero attached hydrogens (tertiary/aromatic N) is 4. The van der Waals surface area contributed by atoms with Crippen LogP contribution in [-0.4, -0.2) is 31.4 Å². The number of rotatable bonds is 6. The Hall–Kier alpha value is -2.67. The average molecular weight is 394 g/mol. The summed E-state index contributed by atoms with van der Waals surface area (Å²) in [5, 5.41) is 12.6. The maximum atomic E-state index is 12.4. The van der Waals surface area contributed by atoms with Crippen molar-refractivity contribution >= 4 is 23.4 Å². The van der Waals surface area contributed by atoms with Crippen LogP contribution in [0.5, 0.6) is 0 Å². The number of nitrogens with one attached hydrogen (secondary N) is 1. The Morgan fingerprint density at radius 1 is 1.07 bits per heavy atom. The molecule has 0 spiro atoms. The number of anilines is 1. The highest BCUT2D eigenvalue weighted by Gasteiger charge is 2.24. The molecule has 144 valence electrons. The first-order valence-electron chi connectivity index (χ1n) is 9.64. The highest BCUT2D eigenvalue weighted by Crippen LogP contribution is 2.35. The van der Waals surface area contributed by atoms with Crippen LogP contribution in [0.4, 0.5) is 5.69 Å². The van der Waals surface area contributed by atoms with Gasteiger partial charge < -0.3 is 5.32 Å². The van der Waals surface area contributed by atoms with Crippen LogP contribution in [0.1, 0.15) is 38.1 Å². The van der Waals surface area contributed by atoms with Gasteiger partial charge in [0, 0.05) is 29.7 Å². The van der Waals surface area contributed by atoms with Crippen LogP contribution in [0.3, 0.4) is 0 Å². The van der Waals surface area contributed by atoms with Crippen molar-refractivity contribution in [3.8, 4) is 11.4 Å². The van der Waals surface area contributed by atoms with Crippen molar-refractivity contribution in [1.29, 1.82) is 0 Å². The summed E-state index contributed by atoms with van der Waals surface area (Å²) in [6, 6.07) is 13.8. The number of amides is 1. The highest BCUT2D eigenvalue weighted by atomic mass is 32.2. The van der Waals surface area contributed by atoms with E-state index in [1.165, 1.54) is 31.0 Å². The Kier molecular flexibility index (Phi) is 6.01. The highest BCUT2D eigenvalue weighted by molar-refractivity contribution is 7.99. The van der Waals surface area contributed by atoms with Gasteiger partial charge in [0.05, 0.1) is 5.75 Å². The first-order valence-corrected chi connectivity index (χ1v) is 10.6. The second-order valence-electron chi connectivity index (χ2n) is 6.91. The minimum Gasteiger partial charge on any atom is -0.325 e. The zero-order chi connectivity index (χ0) is 19.2. The normalized spacial score (nSPS) is 14.7. The summed E-state index contributed by atoms with van der Waals surface area (Å²) in [6.07, 6.45) is 9.53. The molecule has 0 radical (unpaired) electrons. The average Bonchev–Trinajstić information content (AvgIpc) is 3.18. The zero-order valence-corrected chi connectivity index (χ0v) is 16.4. The lowest BCUT2D eigenvalue weighted by atomic mass is 9.95. The van der Waals surface area contributed by atoms with Gasteiger partial charge in [-0.05, 0) is 37.1 Å². The molecule has 3 aromatic rings. The van der Waals surface area contributed by atoms with E-state index < -0.39 is 0 Å². The summed E-state index contributed by atoms with van der Waals surface area (Å²) in [7, 11) is 0.